The summed E-state index contributed by atoms with van der Waals surface area (Å²) in [5.74, 6) is 0.440. The Kier molecular flexibility index (Phi) is 6.46. The largest absolute Gasteiger partial charge is 0.530 e. The van der Waals surface area contributed by atoms with E-state index in [-0.39, 0.29) is 13.2 Å². The number of aryl methyl sites for hydroxylation is 2. The average molecular weight is 382 g/mol. The summed E-state index contributed by atoms with van der Waals surface area (Å²) < 4.78 is 30.3. The van der Waals surface area contributed by atoms with Gasteiger partial charge in [-0.3, -0.25) is 9.05 Å². The second-order valence-corrected chi connectivity index (χ2v) is 7.84. The van der Waals surface area contributed by atoms with E-state index in [1.54, 1.807) is 12.1 Å². The lowest BCUT2D eigenvalue weighted by Crippen LogP contribution is -2.04. The smallest absolute Gasteiger partial charge is 0.404 e. The van der Waals surface area contributed by atoms with E-state index < -0.39 is 7.82 Å². The Morgan fingerprint density at radius 2 is 1.11 bits per heavy atom. The minimum atomic E-state index is -3.81. The van der Waals surface area contributed by atoms with Crippen LogP contribution >= 0.6 is 7.82 Å². The SMILES string of the molecule is Cc1ccccc1COP(=O)(OCc1ccccc1C)Oc1ccccc1. The first-order valence-corrected chi connectivity index (χ1v) is 10.2. The molecule has 0 bridgehead atoms. The molecule has 0 heterocycles. The summed E-state index contributed by atoms with van der Waals surface area (Å²) in [5.41, 5.74) is 3.99. The van der Waals surface area contributed by atoms with Crippen molar-refractivity contribution in [3.63, 3.8) is 0 Å². The molecule has 0 aliphatic carbocycles. The number of hydrogen-bond donors (Lipinski definition) is 0. The van der Waals surface area contributed by atoms with Crippen LogP contribution in [0, 0.1) is 13.8 Å². The molecule has 140 valence electrons. The fourth-order valence-electron chi connectivity index (χ4n) is 2.54. The monoisotopic (exact) mass is 382 g/mol. The van der Waals surface area contributed by atoms with Crippen molar-refractivity contribution < 1.29 is 18.1 Å². The topological polar surface area (TPSA) is 44.8 Å². The Hall–Kier alpha value is -2.39. The fourth-order valence-corrected chi connectivity index (χ4v) is 3.70. The molecule has 0 radical (unpaired) electrons. The van der Waals surface area contributed by atoms with Gasteiger partial charge < -0.3 is 4.52 Å². The van der Waals surface area contributed by atoms with Gasteiger partial charge in [-0.15, -0.1) is 0 Å². The number of hydrogen-bond acceptors (Lipinski definition) is 4. The van der Waals surface area contributed by atoms with Gasteiger partial charge in [-0.2, -0.15) is 0 Å². The van der Waals surface area contributed by atoms with Gasteiger partial charge in [-0.05, 0) is 48.2 Å². The van der Waals surface area contributed by atoms with Crippen LogP contribution in [0.3, 0.4) is 0 Å². The molecule has 3 rings (SSSR count). The molecule has 0 aliphatic rings. The average Bonchev–Trinajstić information content (AvgIpc) is 2.68. The van der Waals surface area contributed by atoms with Crippen molar-refractivity contribution in [2.24, 2.45) is 0 Å². The zero-order valence-electron chi connectivity index (χ0n) is 15.5. The van der Waals surface area contributed by atoms with Crippen molar-refractivity contribution in [1.29, 1.82) is 0 Å². The first-order chi connectivity index (χ1) is 13.1. The molecule has 3 aromatic rings. The number of benzene rings is 3. The third kappa shape index (κ3) is 5.54. The standard InChI is InChI=1S/C22H23O4P/c1-18-10-6-8-12-20(18)16-24-27(23,26-22-14-4-3-5-15-22)25-17-21-13-9-7-11-19(21)2/h3-15H,16-17H2,1-2H3. The van der Waals surface area contributed by atoms with Crippen LogP contribution in [0.1, 0.15) is 22.3 Å². The van der Waals surface area contributed by atoms with Crippen LogP contribution in [0.2, 0.25) is 0 Å². The van der Waals surface area contributed by atoms with Crippen LogP contribution in [0.25, 0.3) is 0 Å². The van der Waals surface area contributed by atoms with Crippen LogP contribution in [0.5, 0.6) is 5.75 Å². The highest BCUT2D eigenvalue weighted by atomic mass is 31.2. The minimum absolute atomic E-state index is 0.143. The Bertz CT molecular complexity index is 871. The molecule has 0 aliphatic heterocycles. The van der Waals surface area contributed by atoms with E-state index in [1.807, 2.05) is 80.6 Å². The highest BCUT2D eigenvalue weighted by Crippen LogP contribution is 2.51. The summed E-state index contributed by atoms with van der Waals surface area (Å²) >= 11 is 0. The Morgan fingerprint density at radius 3 is 1.59 bits per heavy atom. The number of phosphoric acid groups is 1. The normalized spacial score (nSPS) is 11.3. The van der Waals surface area contributed by atoms with Gasteiger partial charge in [0, 0.05) is 0 Å². The molecule has 27 heavy (non-hydrogen) atoms. The molecule has 0 saturated heterocycles. The second kappa shape index (κ2) is 9.01. The first kappa shape index (κ1) is 19.4. The zero-order chi connectivity index (χ0) is 19.1. The van der Waals surface area contributed by atoms with Gasteiger partial charge in [-0.1, -0.05) is 66.7 Å². The van der Waals surface area contributed by atoms with Gasteiger partial charge in [0.1, 0.15) is 5.75 Å². The van der Waals surface area contributed by atoms with Crippen molar-refractivity contribution in [3.8, 4) is 5.75 Å². The number of para-hydroxylation sites is 1. The van der Waals surface area contributed by atoms with E-state index >= 15 is 0 Å². The molecule has 5 heteroatoms. The van der Waals surface area contributed by atoms with Gasteiger partial charge in [-0.25, -0.2) is 4.57 Å². The number of rotatable bonds is 8. The summed E-state index contributed by atoms with van der Waals surface area (Å²) in [7, 11) is -3.81. The molecule has 0 atom stereocenters. The van der Waals surface area contributed by atoms with Gasteiger partial charge >= 0.3 is 7.82 Å². The van der Waals surface area contributed by atoms with Crippen molar-refractivity contribution in [2.75, 3.05) is 0 Å². The Morgan fingerprint density at radius 1 is 0.667 bits per heavy atom. The summed E-state index contributed by atoms with van der Waals surface area (Å²) in [5, 5.41) is 0. The van der Waals surface area contributed by atoms with Crippen molar-refractivity contribution >= 4 is 7.82 Å². The van der Waals surface area contributed by atoms with Crippen LogP contribution in [-0.4, -0.2) is 0 Å². The Balaban J connectivity index is 1.76. The maximum absolute atomic E-state index is 13.3. The third-order valence-corrected chi connectivity index (χ3v) is 5.56. The Labute approximate surface area is 160 Å². The van der Waals surface area contributed by atoms with Crippen LogP contribution in [0.15, 0.2) is 78.9 Å². The zero-order valence-corrected chi connectivity index (χ0v) is 16.4. The van der Waals surface area contributed by atoms with Gasteiger partial charge in [0.2, 0.25) is 0 Å². The lowest BCUT2D eigenvalue weighted by molar-refractivity contribution is 0.143. The van der Waals surface area contributed by atoms with E-state index in [9.17, 15) is 4.57 Å². The van der Waals surface area contributed by atoms with Gasteiger partial charge in [0.25, 0.3) is 0 Å². The third-order valence-electron chi connectivity index (χ3n) is 4.24. The van der Waals surface area contributed by atoms with Crippen LogP contribution in [-0.2, 0) is 26.8 Å². The summed E-state index contributed by atoms with van der Waals surface area (Å²) in [6.07, 6.45) is 0. The maximum atomic E-state index is 13.3. The molecule has 0 unspecified atom stereocenters. The van der Waals surface area contributed by atoms with E-state index in [0.29, 0.717) is 5.75 Å². The quantitative estimate of drug-likeness (QED) is 0.434. The van der Waals surface area contributed by atoms with Crippen LogP contribution in [0.4, 0.5) is 0 Å². The molecule has 0 saturated carbocycles. The van der Waals surface area contributed by atoms with E-state index in [1.165, 1.54) is 0 Å². The fraction of sp³-hybridized carbons (Fsp3) is 0.182. The predicted octanol–water partition coefficient (Wildman–Crippen LogP) is 6.22. The number of phosphoric ester groups is 1. The predicted molar refractivity (Wildman–Crippen MR) is 107 cm³/mol. The summed E-state index contributed by atoms with van der Waals surface area (Å²) in [6.45, 7) is 4.25. The molecule has 4 nitrogen and oxygen atoms in total. The molecule has 0 spiro atoms. The lowest BCUT2D eigenvalue weighted by atomic mass is 10.1. The maximum Gasteiger partial charge on any atom is 0.530 e. The molecule has 0 fully saturated rings. The van der Waals surface area contributed by atoms with Crippen LogP contribution < -0.4 is 4.52 Å². The molecular formula is C22H23O4P. The van der Waals surface area contributed by atoms with E-state index in [2.05, 4.69) is 0 Å². The molecule has 0 N–H and O–H groups in total. The molecule has 0 aromatic heterocycles. The van der Waals surface area contributed by atoms with E-state index in [4.69, 9.17) is 13.6 Å². The summed E-state index contributed by atoms with van der Waals surface area (Å²) in [4.78, 5) is 0. The first-order valence-electron chi connectivity index (χ1n) is 8.78. The van der Waals surface area contributed by atoms with Crippen molar-refractivity contribution in [3.05, 3.63) is 101 Å². The lowest BCUT2D eigenvalue weighted by Gasteiger charge is -2.19. The van der Waals surface area contributed by atoms with E-state index in [0.717, 1.165) is 22.3 Å². The molecule has 0 amide bonds. The van der Waals surface area contributed by atoms with Crippen molar-refractivity contribution in [2.45, 2.75) is 27.1 Å². The van der Waals surface area contributed by atoms with Gasteiger partial charge in [0.15, 0.2) is 0 Å². The molecular weight excluding hydrogens is 359 g/mol. The van der Waals surface area contributed by atoms with Crippen molar-refractivity contribution in [1.82, 2.24) is 0 Å². The highest BCUT2D eigenvalue weighted by molar-refractivity contribution is 7.48. The molecule has 3 aromatic carbocycles. The summed E-state index contributed by atoms with van der Waals surface area (Å²) in [6, 6.07) is 24.5. The van der Waals surface area contributed by atoms with Gasteiger partial charge in [0.05, 0.1) is 13.2 Å². The highest BCUT2D eigenvalue weighted by Gasteiger charge is 2.29. The second-order valence-electron chi connectivity index (χ2n) is 6.25. The minimum Gasteiger partial charge on any atom is -0.404 e.